The van der Waals surface area contributed by atoms with Gasteiger partial charge >= 0.3 is 0 Å². The Labute approximate surface area is 443 Å². The number of benzene rings is 12. The molecule has 0 saturated carbocycles. The van der Waals surface area contributed by atoms with Gasteiger partial charge in [-0.2, -0.15) is 5.26 Å². The SMILES string of the molecule is [C-]#[N+]c1ccccc1-c1cccc(N(c2cccc3c2-c2ccccc2C3(C)C)c2ccc3ccc4c(N(c5cccc(-c6ccccc6C#N)c5)c5cccc6c5-c5ccccc5C6(C)C)ccc5ccc2c3c54)c1. The highest BCUT2D eigenvalue weighted by Gasteiger charge is 2.40. The standard InChI is InChI=1S/C72H50N4/c1-71(2)58-27-11-8-25-54(58)69-60(71)29-16-32-65(69)75(50-21-14-19-47(42-50)52-23-7-6-18-49(52)44-73)63-40-36-45-35-39-57-64(41-37-46-34-38-56(63)67(45)68(46)57)76(51-22-15-20-48(43-51)53-24-10-13-31-62(53)74-5)66-33-17-30-61-70(66)55-26-9-12-28-59(55)72(61,3)4/h6-43H,1-4H3. The smallest absolute Gasteiger partial charge is 0.194 e. The van der Waals surface area contributed by atoms with E-state index in [1.165, 1.54) is 55.3 Å². The highest BCUT2D eigenvalue weighted by molar-refractivity contribution is 6.28. The van der Waals surface area contributed by atoms with Crippen LogP contribution in [0.25, 0.3) is 81.7 Å². The second kappa shape index (κ2) is 16.9. The lowest BCUT2D eigenvalue weighted by atomic mass is 9.82. The Morgan fingerprint density at radius 1 is 0.395 bits per heavy atom. The summed E-state index contributed by atoms with van der Waals surface area (Å²) in [6.07, 6.45) is 0. The van der Waals surface area contributed by atoms with Gasteiger partial charge in [-0.25, -0.2) is 4.85 Å². The summed E-state index contributed by atoms with van der Waals surface area (Å²) in [5.74, 6) is 0. The molecule has 4 nitrogen and oxygen atoms in total. The maximum atomic E-state index is 10.3. The van der Waals surface area contributed by atoms with Crippen LogP contribution in [0.3, 0.4) is 0 Å². The van der Waals surface area contributed by atoms with E-state index in [2.05, 4.69) is 236 Å². The van der Waals surface area contributed by atoms with Crippen molar-refractivity contribution in [1.29, 1.82) is 5.26 Å². The van der Waals surface area contributed by atoms with Gasteiger partial charge in [0.25, 0.3) is 0 Å². The van der Waals surface area contributed by atoms with Crippen molar-refractivity contribution in [3.63, 3.8) is 0 Å². The predicted molar refractivity (Wildman–Crippen MR) is 316 cm³/mol. The second-order valence-corrected chi connectivity index (χ2v) is 21.4. The number of nitriles is 1. The van der Waals surface area contributed by atoms with Crippen molar-refractivity contribution in [1.82, 2.24) is 0 Å². The van der Waals surface area contributed by atoms with Gasteiger partial charge in [0.2, 0.25) is 0 Å². The Bertz CT molecular complexity index is 4180. The van der Waals surface area contributed by atoms with E-state index in [0.717, 1.165) is 77.9 Å². The third kappa shape index (κ3) is 6.54. The van der Waals surface area contributed by atoms with Crippen LogP contribution in [0.15, 0.2) is 231 Å². The van der Waals surface area contributed by atoms with E-state index in [-0.39, 0.29) is 10.8 Å². The third-order valence-corrected chi connectivity index (χ3v) is 16.7. The van der Waals surface area contributed by atoms with Crippen LogP contribution in [-0.4, -0.2) is 0 Å². The number of nitrogens with zero attached hydrogens (tertiary/aromatic N) is 4. The van der Waals surface area contributed by atoms with Gasteiger partial charge in [0.05, 0.1) is 41.0 Å². The van der Waals surface area contributed by atoms with Crippen LogP contribution >= 0.6 is 0 Å². The molecule has 14 rings (SSSR count). The number of rotatable bonds is 8. The molecule has 0 aromatic heterocycles. The van der Waals surface area contributed by atoms with Gasteiger partial charge < -0.3 is 9.80 Å². The maximum Gasteiger partial charge on any atom is 0.194 e. The van der Waals surface area contributed by atoms with Crippen LogP contribution in [0.2, 0.25) is 0 Å². The van der Waals surface area contributed by atoms with Crippen LogP contribution < -0.4 is 9.80 Å². The minimum absolute atomic E-state index is 0.204. The fourth-order valence-corrected chi connectivity index (χ4v) is 13.1. The van der Waals surface area contributed by atoms with Gasteiger partial charge in [-0.1, -0.05) is 204 Å². The first-order valence-corrected chi connectivity index (χ1v) is 26.1. The summed E-state index contributed by atoms with van der Waals surface area (Å²) in [7, 11) is 0. The normalized spacial score (nSPS) is 13.4. The van der Waals surface area contributed by atoms with E-state index in [0.29, 0.717) is 11.3 Å². The Morgan fingerprint density at radius 3 is 1.33 bits per heavy atom. The highest BCUT2D eigenvalue weighted by atomic mass is 15.2. The summed E-state index contributed by atoms with van der Waals surface area (Å²) in [6.45, 7) is 17.5. The summed E-state index contributed by atoms with van der Waals surface area (Å²) in [6, 6.07) is 85.5. The van der Waals surface area contributed by atoms with Crippen LogP contribution in [0, 0.1) is 17.9 Å². The molecule has 0 bridgehead atoms. The minimum Gasteiger partial charge on any atom is -0.309 e. The molecular formula is C72H50N4. The molecule has 4 heteroatoms. The number of anilines is 6. The molecule has 2 aliphatic carbocycles. The zero-order chi connectivity index (χ0) is 51.5. The Morgan fingerprint density at radius 2 is 0.816 bits per heavy atom. The van der Waals surface area contributed by atoms with E-state index in [1.54, 1.807) is 0 Å². The van der Waals surface area contributed by atoms with Crippen LogP contribution in [-0.2, 0) is 10.8 Å². The summed E-state index contributed by atoms with van der Waals surface area (Å²) in [5, 5.41) is 17.3. The summed E-state index contributed by atoms with van der Waals surface area (Å²) < 4.78 is 0. The lowest BCUT2D eigenvalue weighted by molar-refractivity contribution is 0.660. The van der Waals surface area contributed by atoms with Gasteiger partial charge in [0.15, 0.2) is 5.69 Å². The zero-order valence-electron chi connectivity index (χ0n) is 42.7. The monoisotopic (exact) mass is 970 g/mol. The lowest BCUT2D eigenvalue weighted by Crippen LogP contribution is -2.16. The molecule has 76 heavy (non-hydrogen) atoms. The zero-order valence-corrected chi connectivity index (χ0v) is 42.7. The van der Waals surface area contributed by atoms with E-state index < -0.39 is 0 Å². The Hall–Kier alpha value is -9.74. The molecule has 0 spiro atoms. The average molecular weight is 971 g/mol. The van der Waals surface area contributed by atoms with Crippen LogP contribution in [0.4, 0.5) is 39.8 Å². The fourth-order valence-electron chi connectivity index (χ4n) is 13.1. The van der Waals surface area contributed by atoms with Gasteiger partial charge in [0.1, 0.15) is 0 Å². The molecule has 0 aliphatic heterocycles. The molecule has 12 aromatic rings. The molecule has 0 saturated heterocycles. The fraction of sp³-hybridized carbons (Fsp3) is 0.0833. The molecule has 0 radical (unpaired) electrons. The first kappa shape index (κ1) is 44.9. The molecule has 0 atom stereocenters. The van der Waals surface area contributed by atoms with Gasteiger partial charge in [-0.15, -0.1) is 0 Å². The van der Waals surface area contributed by atoms with E-state index in [9.17, 15) is 5.26 Å². The quantitative estimate of drug-likeness (QED) is 0.112. The van der Waals surface area contributed by atoms with Crippen molar-refractivity contribution in [3.8, 4) is 50.6 Å². The average Bonchev–Trinajstić information content (AvgIpc) is 3.97. The Kier molecular flexibility index (Phi) is 9.99. The lowest BCUT2D eigenvalue weighted by Gasteiger charge is -2.32. The molecular weight excluding hydrogens is 921 g/mol. The Balaban J connectivity index is 1.04. The minimum atomic E-state index is -0.206. The molecule has 0 amide bonds. The van der Waals surface area contributed by atoms with Crippen molar-refractivity contribution < 1.29 is 0 Å². The number of para-hydroxylation sites is 1. The summed E-state index contributed by atoms with van der Waals surface area (Å²) in [5.41, 5.74) is 21.2. The molecule has 0 N–H and O–H groups in total. The van der Waals surface area contributed by atoms with Gasteiger partial charge in [0, 0.05) is 44.1 Å². The van der Waals surface area contributed by atoms with Crippen molar-refractivity contribution in [3.05, 3.63) is 270 Å². The second-order valence-electron chi connectivity index (χ2n) is 21.4. The number of hydrogen-bond acceptors (Lipinski definition) is 3. The van der Waals surface area contributed by atoms with Crippen molar-refractivity contribution in [2.75, 3.05) is 9.80 Å². The van der Waals surface area contributed by atoms with Gasteiger partial charge in [-0.3, -0.25) is 0 Å². The topological polar surface area (TPSA) is 34.6 Å². The molecule has 0 fully saturated rings. The first-order chi connectivity index (χ1) is 37.1. The number of fused-ring (bicyclic) bond motifs is 6. The molecule has 358 valence electrons. The summed E-state index contributed by atoms with van der Waals surface area (Å²) in [4.78, 5) is 8.89. The predicted octanol–water partition coefficient (Wildman–Crippen LogP) is 19.9. The van der Waals surface area contributed by atoms with E-state index >= 15 is 0 Å². The molecule has 0 unspecified atom stereocenters. The molecule has 2 aliphatic rings. The van der Waals surface area contributed by atoms with E-state index in [1.807, 2.05) is 42.5 Å². The first-order valence-electron chi connectivity index (χ1n) is 26.1. The van der Waals surface area contributed by atoms with Crippen molar-refractivity contribution in [2.45, 2.75) is 38.5 Å². The largest absolute Gasteiger partial charge is 0.309 e. The van der Waals surface area contributed by atoms with E-state index in [4.69, 9.17) is 6.57 Å². The number of hydrogen-bond donors (Lipinski definition) is 0. The van der Waals surface area contributed by atoms with Crippen LogP contribution in [0.5, 0.6) is 0 Å². The van der Waals surface area contributed by atoms with Crippen LogP contribution in [0.1, 0.15) is 55.5 Å². The van der Waals surface area contributed by atoms with Crippen molar-refractivity contribution in [2.24, 2.45) is 0 Å². The molecule has 12 aromatic carbocycles. The maximum absolute atomic E-state index is 10.3. The summed E-state index contributed by atoms with van der Waals surface area (Å²) >= 11 is 0. The van der Waals surface area contributed by atoms with Gasteiger partial charge in [-0.05, 0) is 132 Å². The van der Waals surface area contributed by atoms with Crippen molar-refractivity contribution >= 4 is 72.1 Å². The molecule has 0 heterocycles. The third-order valence-electron chi connectivity index (χ3n) is 16.7. The highest BCUT2D eigenvalue weighted by Crippen LogP contribution is 2.58.